The van der Waals surface area contributed by atoms with E-state index >= 15 is 0 Å². The van der Waals surface area contributed by atoms with Crippen molar-refractivity contribution >= 4 is 11.8 Å². The van der Waals surface area contributed by atoms with Gasteiger partial charge in [0.15, 0.2) is 0 Å². The fraction of sp³-hybridized carbons (Fsp3) is 0.529. The second kappa shape index (κ2) is 8.57. The maximum atomic E-state index is 11.2. The van der Waals surface area contributed by atoms with E-state index in [0.29, 0.717) is 0 Å². The highest BCUT2D eigenvalue weighted by Gasteiger charge is 2.16. The van der Waals surface area contributed by atoms with Crippen LogP contribution in [0.3, 0.4) is 0 Å². The van der Waals surface area contributed by atoms with Gasteiger partial charge >= 0.3 is 0 Å². The van der Waals surface area contributed by atoms with Crippen LogP contribution in [-0.2, 0) is 0 Å². The minimum Gasteiger partial charge on any atom is -0.313 e. The third-order valence-corrected chi connectivity index (χ3v) is 3.48. The van der Waals surface area contributed by atoms with Crippen molar-refractivity contribution in [1.82, 2.24) is 5.32 Å². The Kier molecular flexibility index (Phi) is 7.09. The quantitative estimate of drug-likeness (QED) is 0.435. The number of hydrogen-bond donors (Lipinski definition) is 1. The molecule has 4 heteroatoms. The molecule has 1 aromatic carbocycles. The summed E-state index contributed by atoms with van der Waals surface area (Å²) in [7, 11) is 0. The summed E-state index contributed by atoms with van der Waals surface area (Å²) in [4.78, 5) is 10.9. The van der Waals surface area contributed by atoms with Crippen LogP contribution < -0.4 is 5.32 Å². The molecule has 1 rings (SSSR count). The molecule has 0 fully saturated rings. The van der Waals surface area contributed by atoms with Gasteiger partial charge in [0.25, 0.3) is 5.69 Å². The molecule has 0 aliphatic heterocycles. The van der Waals surface area contributed by atoms with Gasteiger partial charge in [0.2, 0.25) is 0 Å². The molecule has 0 heterocycles. The number of nitrogens with zero attached hydrogens (tertiary/aromatic N) is 1. The van der Waals surface area contributed by atoms with Crippen molar-refractivity contribution in [3.05, 3.63) is 45.0 Å². The first-order valence-corrected chi connectivity index (χ1v) is 7.68. The molecule has 1 N–H and O–H groups in total. The summed E-state index contributed by atoms with van der Waals surface area (Å²) in [5.74, 6) is 0.153. The molecule has 0 aliphatic rings. The van der Waals surface area contributed by atoms with Crippen LogP contribution in [0.5, 0.6) is 0 Å². The number of nitrogens with one attached hydrogen (secondary N) is 1. The van der Waals surface area contributed by atoms with E-state index in [0.717, 1.165) is 37.1 Å². The van der Waals surface area contributed by atoms with E-state index in [1.165, 1.54) is 5.57 Å². The van der Waals surface area contributed by atoms with E-state index in [4.69, 9.17) is 0 Å². The zero-order chi connectivity index (χ0) is 15.8. The zero-order valence-corrected chi connectivity index (χ0v) is 13.5. The number of hydrogen-bond acceptors (Lipinski definition) is 3. The lowest BCUT2D eigenvalue weighted by Crippen LogP contribution is -2.17. The monoisotopic (exact) mass is 290 g/mol. The van der Waals surface area contributed by atoms with E-state index in [1.54, 1.807) is 6.07 Å². The second-order valence-electron chi connectivity index (χ2n) is 5.56. The molecule has 0 bridgehead atoms. The van der Waals surface area contributed by atoms with Gasteiger partial charge < -0.3 is 5.32 Å². The Bertz CT molecular complexity index is 508. The van der Waals surface area contributed by atoms with Crippen LogP contribution in [0.2, 0.25) is 0 Å². The molecular formula is C17H26N2O2. The summed E-state index contributed by atoms with van der Waals surface area (Å²) >= 11 is 0. The van der Waals surface area contributed by atoms with Crippen LogP contribution in [0.1, 0.15) is 57.6 Å². The van der Waals surface area contributed by atoms with Gasteiger partial charge in [-0.25, -0.2) is 0 Å². The molecule has 0 aliphatic carbocycles. The minimum absolute atomic E-state index is 0.153. The first-order chi connectivity index (χ1) is 9.99. The highest BCUT2D eigenvalue weighted by atomic mass is 16.6. The predicted molar refractivity (Wildman–Crippen MR) is 88.6 cm³/mol. The molecule has 0 saturated carbocycles. The molecule has 21 heavy (non-hydrogen) atoms. The van der Waals surface area contributed by atoms with Gasteiger partial charge in [-0.15, -0.1) is 0 Å². The van der Waals surface area contributed by atoms with Gasteiger partial charge in [0.05, 0.1) is 4.92 Å². The third-order valence-electron chi connectivity index (χ3n) is 3.48. The Balaban J connectivity index is 3.02. The van der Waals surface area contributed by atoms with E-state index in [9.17, 15) is 10.1 Å². The Morgan fingerprint density at radius 2 is 2.10 bits per heavy atom. The van der Waals surface area contributed by atoms with Crippen molar-refractivity contribution in [2.75, 3.05) is 13.1 Å². The van der Waals surface area contributed by atoms with E-state index < -0.39 is 0 Å². The lowest BCUT2D eigenvalue weighted by atomic mass is 9.98. The van der Waals surface area contributed by atoms with Gasteiger partial charge in [0, 0.05) is 18.2 Å². The lowest BCUT2D eigenvalue weighted by molar-refractivity contribution is -0.385. The fourth-order valence-corrected chi connectivity index (χ4v) is 2.24. The van der Waals surface area contributed by atoms with Crippen LogP contribution in [0.4, 0.5) is 5.69 Å². The van der Waals surface area contributed by atoms with E-state index in [-0.39, 0.29) is 16.5 Å². The van der Waals surface area contributed by atoms with Crippen LogP contribution >= 0.6 is 0 Å². The smallest absolute Gasteiger partial charge is 0.273 e. The topological polar surface area (TPSA) is 55.2 Å². The molecule has 0 amide bonds. The summed E-state index contributed by atoms with van der Waals surface area (Å²) in [5, 5.41) is 14.6. The highest BCUT2D eigenvalue weighted by Crippen LogP contribution is 2.28. The van der Waals surface area contributed by atoms with Gasteiger partial charge in [0.1, 0.15) is 0 Å². The average Bonchev–Trinajstić information content (AvgIpc) is 2.45. The Morgan fingerprint density at radius 3 is 2.62 bits per heavy atom. The molecule has 0 atom stereocenters. The maximum absolute atomic E-state index is 11.2. The molecule has 0 spiro atoms. The van der Waals surface area contributed by atoms with E-state index in [2.05, 4.69) is 25.2 Å². The van der Waals surface area contributed by atoms with E-state index in [1.807, 2.05) is 26.0 Å². The number of benzene rings is 1. The van der Waals surface area contributed by atoms with Crippen LogP contribution in [0.15, 0.2) is 23.8 Å². The first kappa shape index (κ1) is 17.4. The predicted octanol–water partition coefficient (Wildman–Crippen LogP) is 4.51. The van der Waals surface area contributed by atoms with Gasteiger partial charge in [-0.1, -0.05) is 51.5 Å². The highest BCUT2D eigenvalue weighted by molar-refractivity contribution is 5.59. The van der Waals surface area contributed by atoms with Gasteiger partial charge in [-0.2, -0.15) is 0 Å². The van der Waals surface area contributed by atoms with Gasteiger partial charge in [-0.3, -0.25) is 10.1 Å². The molecule has 0 aromatic heterocycles. The minimum atomic E-state index is -0.284. The lowest BCUT2D eigenvalue weighted by Gasteiger charge is -2.09. The Morgan fingerprint density at radius 1 is 1.38 bits per heavy atom. The average molecular weight is 290 g/mol. The summed E-state index contributed by atoms with van der Waals surface area (Å²) in [6, 6.07) is 5.53. The third kappa shape index (κ3) is 5.31. The fourth-order valence-electron chi connectivity index (χ4n) is 2.24. The number of nitro benzene ring substituents is 1. The number of rotatable bonds is 8. The summed E-state index contributed by atoms with van der Waals surface area (Å²) < 4.78 is 0. The molecule has 1 aromatic rings. The molecule has 4 nitrogen and oxygen atoms in total. The number of nitro groups is 1. The molecule has 116 valence electrons. The van der Waals surface area contributed by atoms with Crippen molar-refractivity contribution < 1.29 is 4.92 Å². The van der Waals surface area contributed by atoms with Crippen molar-refractivity contribution in [2.24, 2.45) is 0 Å². The summed E-state index contributed by atoms with van der Waals surface area (Å²) in [6.45, 7) is 10.0. The van der Waals surface area contributed by atoms with Crippen LogP contribution in [-0.4, -0.2) is 18.0 Å². The molecule has 0 radical (unpaired) electrons. The van der Waals surface area contributed by atoms with Crippen molar-refractivity contribution in [2.45, 2.75) is 46.5 Å². The van der Waals surface area contributed by atoms with Crippen LogP contribution in [0.25, 0.3) is 6.08 Å². The Labute approximate surface area is 127 Å². The molecule has 0 saturated heterocycles. The summed E-state index contributed by atoms with van der Waals surface area (Å²) in [6.07, 6.45) is 4.10. The van der Waals surface area contributed by atoms with Crippen molar-refractivity contribution in [3.8, 4) is 0 Å². The van der Waals surface area contributed by atoms with Crippen molar-refractivity contribution in [1.29, 1.82) is 0 Å². The SMILES string of the molecule is CCCNCC(=Cc1ccc(C(C)C)c([N+](=O)[O-])c1)CC. The van der Waals surface area contributed by atoms with Crippen LogP contribution in [0, 0.1) is 10.1 Å². The standard InChI is InChI=1S/C17H26N2O2/c1-5-9-18-12-14(6-2)10-15-7-8-16(13(3)4)17(11-15)19(20)21/h7-8,10-11,13,18H,5-6,9,12H2,1-4H3. The molecular weight excluding hydrogens is 264 g/mol. The summed E-state index contributed by atoms with van der Waals surface area (Å²) in [5.41, 5.74) is 3.17. The largest absolute Gasteiger partial charge is 0.313 e. The normalized spacial score (nSPS) is 12.0. The van der Waals surface area contributed by atoms with Gasteiger partial charge in [-0.05, 0) is 30.9 Å². The zero-order valence-electron chi connectivity index (χ0n) is 13.5. The second-order valence-corrected chi connectivity index (χ2v) is 5.56. The molecule has 0 unspecified atom stereocenters. The first-order valence-electron chi connectivity index (χ1n) is 7.68. The maximum Gasteiger partial charge on any atom is 0.273 e. The Hall–Kier alpha value is -1.68. The van der Waals surface area contributed by atoms with Crippen molar-refractivity contribution in [3.63, 3.8) is 0 Å².